The average molecular weight is 618 g/mol. The van der Waals surface area contributed by atoms with Crippen molar-refractivity contribution in [2.45, 2.75) is 19.3 Å². The standard InChI is InChI=1S/C43H31N5/c1-43(2)36-19-9-17-34-33-23-22-31(27-39(33)48(40(34)36)42-37(43)20-11-25-45-42)46(28-12-4-3-5-13-28)29-14-8-15-30(26-29)47-38-21-7-6-16-32(38)35-18-10-24-44-41(35)47/h3-27H,1-2H3. The highest BCUT2D eigenvalue weighted by atomic mass is 15.2. The third-order valence-electron chi connectivity index (χ3n) is 10.2. The summed E-state index contributed by atoms with van der Waals surface area (Å²) in [5.41, 5.74) is 11.2. The van der Waals surface area contributed by atoms with E-state index in [0.29, 0.717) is 0 Å². The molecule has 0 amide bonds. The lowest BCUT2D eigenvalue weighted by atomic mass is 9.76. The van der Waals surface area contributed by atoms with Crippen molar-refractivity contribution in [1.29, 1.82) is 0 Å². The molecule has 10 rings (SSSR count). The number of pyridine rings is 2. The molecule has 0 atom stereocenters. The van der Waals surface area contributed by atoms with Crippen molar-refractivity contribution in [3.63, 3.8) is 0 Å². The van der Waals surface area contributed by atoms with Gasteiger partial charge in [-0.15, -0.1) is 0 Å². The molecule has 0 unspecified atom stereocenters. The molecular formula is C43H31N5. The van der Waals surface area contributed by atoms with Gasteiger partial charge >= 0.3 is 0 Å². The van der Waals surface area contributed by atoms with Crippen molar-refractivity contribution in [3.05, 3.63) is 163 Å². The van der Waals surface area contributed by atoms with Gasteiger partial charge in [0.05, 0.1) is 16.6 Å². The summed E-state index contributed by atoms with van der Waals surface area (Å²) in [5.74, 6) is 1.01. The van der Waals surface area contributed by atoms with E-state index in [1.165, 1.54) is 32.8 Å². The Balaban J connectivity index is 1.22. The Bertz CT molecular complexity index is 2660. The zero-order chi connectivity index (χ0) is 32.0. The van der Waals surface area contributed by atoms with Crippen LogP contribution in [0, 0.1) is 0 Å². The van der Waals surface area contributed by atoms with Gasteiger partial charge in [0.25, 0.3) is 0 Å². The van der Waals surface area contributed by atoms with E-state index in [9.17, 15) is 0 Å². The van der Waals surface area contributed by atoms with E-state index in [-0.39, 0.29) is 5.41 Å². The van der Waals surface area contributed by atoms with Crippen LogP contribution < -0.4 is 4.90 Å². The molecule has 0 aliphatic carbocycles. The number of rotatable bonds is 4. The number of aromatic nitrogens is 4. The summed E-state index contributed by atoms with van der Waals surface area (Å²) in [5, 5.41) is 4.82. The predicted molar refractivity (Wildman–Crippen MR) is 198 cm³/mol. The van der Waals surface area contributed by atoms with E-state index in [0.717, 1.165) is 50.6 Å². The first-order chi connectivity index (χ1) is 23.6. The highest BCUT2D eigenvalue weighted by molar-refractivity contribution is 6.12. The van der Waals surface area contributed by atoms with Gasteiger partial charge < -0.3 is 4.90 Å². The molecule has 0 N–H and O–H groups in total. The minimum atomic E-state index is -0.158. The fourth-order valence-electron chi connectivity index (χ4n) is 7.98. The number of para-hydroxylation sites is 3. The molecule has 48 heavy (non-hydrogen) atoms. The minimum absolute atomic E-state index is 0.158. The highest BCUT2D eigenvalue weighted by Crippen LogP contribution is 2.48. The monoisotopic (exact) mass is 617 g/mol. The maximum Gasteiger partial charge on any atom is 0.145 e. The number of anilines is 3. The van der Waals surface area contributed by atoms with Crippen LogP contribution in [0.4, 0.5) is 17.1 Å². The largest absolute Gasteiger partial charge is 0.310 e. The molecule has 1 aliphatic rings. The van der Waals surface area contributed by atoms with Crippen molar-refractivity contribution in [3.8, 4) is 11.5 Å². The Morgan fingerprint density at radius 2 is 1.19 bits per heavy atom. The van der Waals surface area contributed by atoms with Crippen LogP contribution in [0.1, 0.15) is 25.0 Å². The van der Waals surface area contributed by atoms with Crippen molar-refractivity contribution in [2.75, 3.05) is 4.90 Å². The van der Waals surface area contributed by atoms with Gasteiger partial charge in [-0.3, -0.25) is 9.13 Å². The van der Waals surface area contributed by atoms with Crippen LogP contribution in [0.5, 0.6) is 0 Å². The van der Waals surface area contributed by atoms with Gasteiger partial charge in [0, 0.05) is 67.7 Å². The van der Waals surface area contributed by atoms with E-state index in [2.05, 4.69) is 161 Å². The number of fused-ring (bicyclic) bond motifs is 8. The number of hydrogen-bond donors (Lipinski definition) is 0. The van der Waals surface area contributed by atoms with Crippen LogP contribution in [-0.4, -0.2) is 19.1 Å². The van der Waals surface area contributed by atoms with Gasteiger partial charge in [0.15, 0.2) is 0 Å². The smallest absolute Gasteiger partial charge is 0.145 e. The third-order valence-corrected chi connectivity index (χ3v) is 10.2. The molecule has 0 saturated carbocycles. The van der Waals surface area contributed by atoms with Crippen molar-refractivity contribution in [2.24, 2.45) is 0 Å². The summed E-state index contributed by atoms with van der Waals surface area (Å²) in [7, 11) is 0. The number of hydrogen-bond acceptors (Lipinski definition) is 3. The molecule has 0 spiro atoms. The summed E-state index contributed by atoms with van der Waals surface area (Å²) in [6.45, 7) is 4.62. The molecule has 4 aromatic heterocycles. The highest BCUT2D eigenvalue weighted by Gasteiger charge is 2.35. The molecule has 0 radical (unpaired) electrons. The predicted octanol–water partition coefficient (Wildman–Crippen LogP) is 10.8. The first kappa shape index (κ1) is 27.0. The lowest BCUT2D eigenvalue weighted by Gasteiger charge is -2.33. The Kier molecular flexibility index (Phi) is 5.56. The Labute approximate surface area is 278 Å². The minimum Gasteiger partial charge on any atom is -0.310 e. The fourth-order valence-corrected chi connectivity index (χ4v) is 7.98. The summed E-state index contributed by atoms with van der Waals surface area (Å²) < 4.78 is 4.66. The molecule has 5 heterocycles. The molecule has 0 bridgehead atoms. The SMILES string of the molecule is CC1(C)c2cccnc2-n2c3cc(N(c4ccccc4)c4cccc(-n5c6ccccc6c6cccnc65)c4)ccc3c3cccc1c32. The Hall–Kier alpha value is -6.20. The molecule has 9 aromatic rings. The van der Waals surface area contributed by atoms with E-state index in [1.807, 2.05) is 18.5 Å². The van der Waals surface area contributed by atoms with E-state index < -0.39 is 0 Å². The maximum absolute atomic E-state index is 4.98. The normalized spacial score (nSPS) is 13.4. The summed E-state index contributed by atoms with van der Waals surface area (Å²) >= 11 is 0. The quantitative estimate of drug-likeness (QED) is 0.197. The molecule has 5 nitrogen and oxygen atoms in total. The lowest BCUT2D eigenvalue weighted by Crippen LogP contribution is -2.26. The van der Waals surface area contributed by atoms with Gasteiger partial charge in [-0.25, -0.2) is 9.97 Å². The van der Waals surface area contributed by atoms with Crippen LogP contribution >= 0.6 is 0 Å². The summed E-state index contributed by atoms with van der Waals surface area (Å²) in [6.07, 6.45) is 3.79. The van der Waals surface area contributed by atoms with E-state index >= 15 is 0 Å². The summed E-state index contributed by atoms with van der Waals surface area (Å²) in [4.78, 5) is 12.2. The van der Waals surface area contributed by atoms with Crippen LogP contribution in [0.2, 0.25) is 0 Å². The molecule has 5 aromatic carbocycles. The van der Waals surface area contributed by atoms with Crippen molar-refractivity contribution in [1.82, 2.24) is 19.1 Å². The van der Waals surface area contributed by atoms with Crippen molar-refractivity contribution < 1.29 is 0 Å². The lowest BCUT2D eigenvalue weighted by molar-refractivity contribution is 0.624. The van der Waals surface area contributed by atoms with Gasteiger partial charge in [-0.05, 0) is 72.3 Å². The third kappa shape index (κ3) is 3.67. The molecular weight excluding hydrogens is 587 g/mol. The van der Waals surface area contributed by atoms with Gasteiger partial charge in [0.2, 0.25) is 0 Å². The topological polar surface area (TPSA) is 38.9 Å². The van der Waals surface area contributed by atoms with Crippen LogP contribution in [0.25, 0.3) is 55.2 Å². The number of nitrogens with zero attached hydrogens (tertiary/aromatic N) is 5. The molecule has 0 saturated heterocycles. The van der Waals surface area contributed by atoms with Crippen LogP contribution in [-0.2, 0) is 5.41 Å². The van der Waals surface area contributed by atoms with Crippen LogP contribution in [0.15, 0.2) is 152 Å². The molecule has 0 fully saturated rings. The van der Waals surface area contributed by atoms with Crippen LogP contribution in [0.3, 0.4) is 0 Å². The van der Waals surface area contributed by atoms with E-state index in [4.69, 9.17) is 9.97 Å². The molecule has 1 aliphatic heterocycles. The molecule has 5 heteroatoms. The number of benzene rings is 5. The summed E-state index contributed by atoms with van der Waals surface area (Å²) in [6, 6.07) is 50.0. The zero-order valence-electron chi connectivity index (χ0n) is 26.7. The van der Waals surface area contributed by atoms with Gasteiger partial charge in [-0.2, -0.15) is 0 Å². The first-order valence-electron chi connectivity index (χ1n) is 16.4. The van der Waals surface area contributed by atoms with Gasteiger partial charge in [0.1, 0.15) is 11.5 Å². The first-order valence-corrected chi connectivity index (χ1v) is 16.4. The second-order valence-corrected chi connectivity index (χ2v) is 13.2. The fraction of sp³-hybridized carbons (Fsp3) is 0.0698. The average Bonchev–Trinajstić information content (AvgIpc) is 3.65. The Morgan fingerprint density at radius 3 is 2.10 bits per heavy atom. The molecule has 228 valence electrons. The van der Waals surface area contributed by atoms with Crippen molar-refractivity contribution >= 4 is 60.8 Å². The zero-order valence-corrected chi connectivity index (χ0v) is 26.7. The second kappa shape index (κ2) is 9.90. The maximum atomic E-state index is 4.98. The second-order valence-electron chi connectivity index (χ2n) is 13.2. The van der Waals surface area contributed by atoms with Gasteiger partial charge in [-0.1, -0.05) is 86.6 Å². The Morgan fingerprint density at radius 1 is 0.500 bits per heavy atom. The van der Waals surface area contributed by atoms with E-state index in [1.54, 1.807) is 0 Å².